The molecule has 0 saturated heterocycles. The molecule has 180 valence electrons. The monoisotopic (exact) mass is 473 g/mol. The van der Waals surface area contributed by atoms with Crippen molar-refractivity contribution in [2.45, 2.75) is 39.2 Å². The maximum atomic E-state index is 12.9. The van der Waals surface area contributed by atoms with Gasteiger partial charge in [0.25, 0.3) is 5.91 Å². The minimum absolute atomic E-state index is 0.0210. The predicted molar refractivity (Wildman–Crippen MR) is 129 cm³/mol. The zero-order valence-corrected chi connectivity index (χ0v) is 19.9. The van der Waals surface area contributed by atoms with Crippen LogP contribution < -0.4 is 10.1 Å². The average Bonchev–Trinajstić information content (AvgIpc) is 3.64. The Balaban J connectivity index is 1.56. The van der Waals surface area contributed by atoms with Crippen LogP contribution in [0.4, 0.5) is 0 Å². The molecule has 0 radical (unpaired) electrons. The van der Waals surface area contributed by atoms with E-state index < -0.39 is 17.4 Å². The predicted octanol–water partition coefficient (Wildman–Crippen LogP) is 4.70. The van der Waals surface area contributed by atoms with Crippen LogP contribution in [0.3, 0.4) is 0 Å². The van der Waals surface area contributed by atoms with Crippen LogP contribution in [0.15, 0.2) is 48.5 Å². The molecule has 3 aromatic rings. The van der Waals surface area contributed by atoms with E-state index in [4.69, 9.17) is 9.47 Å². The minimum Gasteiger partial charge on any atom is -0.505 e. The van der Waals surface area contributed by atoms with E-state index in [9.17, 15) is 20.0 Å². The van der Waals surface area contributed by atoms with Crippen molar-refractivity contribution in [1.82, 2.24) is 10.3 Å². The highest BCUT2D eigenvalue weighted by atomic mass is 16.6. The van der Waals surface area contributed by atoms with Crippen LogP contribution in [-0.4, -0.2) is 34.1 Å². The summed E-state index contributed by atoms with van der Waals surface area (Å²) in [6, 6.07) is 16.0. The molecule has 1 fully saturated rings. The molecule has 1 atom stereocenters. The summed E-state index contributed by atoms with van der Waals surface area (Å²) in [5.74, 6) is -0.616. The maximum absolute atomic E-state index is 12.9. The third kappa shape index (κ3) is 5.69. The van der Waals surface area contributed by atoms with Gasteiger partial charge in [0, 0.05) is 17.3 Å². The first-order chi connectivity index (χ1) is 16.7. The molecule has 1 amide bonds. The summed E-state index contributed by atoms with van der Waals surface area (Å²) in [5.41, 5.74) is -0.922. The molecule has 4 rings (SSSR count). The number of esters is 1. The van der Waals surface area contributed by atoms with Gasteiger partial charge in [0.2, 0.25) is 0 Å². The normalized spacial score (nSPS) is 14.1. The van der Waals surface area contributed by atoms with E-state index in [2.05, 4.69) is 10.3 Å². The lowest BCUT2D eigenvalue weighted by atomic mass is 10.0. The van der Waals surface area contributed by atoms with Crippen molar-refractivity contribution >= 4 is 22.6 Å². The molecule has 1 saturated carbocycles. The van der Waals surface area contributed by atoms with Crippen LogP contribution in [0.1, 0.15) is 49.8 Å². The van der Waals surface area contributed by atoms with Gasteiger partial charge in [-0.15, -0.1) is 0 Å². The number of pyridine rings is 1. The lowest BCUT2D eigenvalue weighted by molar-refractivity contribution is -0.160. The van der Waals surface area contributed by atoms with E-state index in [0.29, 0.717) is 22.3 Å². The summed E-state index contributed by atoms with van der Waals surface area (Å²) < 4.78 is 11.3. The number of hydrogen-bond acceptors (Lipinski definition) is 7. The van der Waals surface area contributed by atoms with E-state index in [-0.39, 0.29) is 35.6 Å². The Hall–Kier alpha value is -4.12. The van der Waals surface area contributed by atoms with Gasteiger partial charge < -0.3 is 19.9 Å². The van der Waals surface area contributed by atoms with Crippen molar-refractivity contribution in [1.29, 1.82) is 5.26 Å². The fourth-order valence-electron chi connectivity index (χ4n) is 3.81. The number of amides is 1. The van der Waals surface area contributed by atoms with E-state index >= 15 is 0 Å². The summed E-state index contributed by atoms with van der Waals surface area (Å²) in [6.45, 7) is 5.45. The van der Waals surface area contributed by atoms with Gasteiger partial charge in [-0.2, -0.15) is 5.26 Å². The molecule has 0 aliphatic heterocycles. The number of nitriles is 1. The molecule has 8 heteroatoms. The number of aromatic hydroxyl groups is 1. The van der Waals surface area contributed by atoms with Crippen LogP contribution in [0.25, 0.3) is 10.8 Å². The number of carbonyl (C=O) groups is 2. The van der Waals surface area contributed by atoms with Crippen LogP contribution in [0.2, 0.25) is 0 Å². The Morgan fingerprint density at radius 2 is 1.86 bits per heavy atom. The molecule has 2 N–H and O–H groups in total. The molecule has 2 aromatic carbocycles. The third-order valence-electron chi connectivity index (χ3n) is 5.63. The zero-order chi connectivity index (χ0) is 25.2. The molecule has 1 aromatic heterocycles. The minimum atomic E-state index is -0.667. The first kappa shape index (κ1) is 24.0. The van der Waals surface area contributed by atoms with Crippen molar-refractivity contribution in [3.05, 3.63) is 59.9 Å². The van der Waals surface area contributed by atoms with Crippen molar-refractivity contribution in [2.75, 3.05) is 6.54 Å². The Morgan fingerprint density at radius 1 is 1.14 bits per heavy atom. The average molecular weight is 474 g/mol. The zero-order valence-electron chi connectivity index (χ0n) is 19.9. The summed E-state index contributed by atoms with van der Waals surface area (Å²) >= 11 is 0. The lowest BCUT2D eigenvalue weighted by Gasteiger charge is -2.24. The van der Waals surface area contributed by atoms with Gasteiger partial charge in [-0.3, -0.25) is 9.59 Å². The third-order valence-corrected chi connectivity index (χ3v) is 5.63. The van der Waals surface area contributed by atoms with E-state index in [1.165, 1.54) is 0 Å². The number of carbonyl (C=O) groups excluding carboxylic acids is 2. The number of nitrogens with zero attached hydrogens (tertiary/aromatic N) is 2. The SMILES string of the molecule is CC(C)(C)OC(=O)C(CNC(=O)c1nc(C#N)c2cc(Oc3ccccc3)ccc2c1O)C1CC1. The standard InChI is InChI=1S/C27H27N3O5/c1-27(2,3)35-26(33)21(16-9-10-16)15-29-25(32)23-24(31)19-12-11-18(13-20(19)22(14-28)30-23)34-17-7-5-4-6-8-17/h4-8,11-13,16,21,31H,9-10,15H2,1-3H3,(H,29,32). The van der Waals surface area contributed by atoms with Gasteiger partial charge in [0.1, 0.15) is 28.9 Å². The van der Waals surface area contributed by atoms with Crippen LogP contribution >= 0.6 is 0 Å². The van der Waals surface area contributed by atoms with Gasteiger partial charge in [-0.1, -0.05) is 18.2 Å². The number of ether oxygens (including phenoxy) is 2. The maximum Gasteiger partial charge on any atom is 0.311 e. The molecule has 8 nitrogen and oxygen atoms in total. The van der Waals surface area contributed by atoms with Crippen molar-refractivity contribution < 1.29 is 24.2 Å². The van der Waals surface area contributed by atoms with Crippen LogP contribution in [0.5, 0.6) is 17.2 Å². The van der Waals surface area contributed by atoms with E-state index in [1.54, 1.807) is 51.1 Å². The van der Waals surface area contributed by atoms with E-state index in [1.807, 2.05) is 24.3 Å². The number of benzene rings is 2. The number of para-hydroxylation sites is 1. The molecular formula is C27H27N3O5. The highest BCUT2D eigenvalue weighted by Gasteiger charge is 2.39. The molecule has 1 aliphatic carbocycles. The van der Waals surface area contributed by atoms with Crippen LogP contribution in [-0.2, 0) is 9.53 Å². The quantitative estimate of drug-likeness (QED) is 0.477. The summed E-state index contributed by atoms with van der Waals surface area (Å²) in [4.78, 5) is 29.6. The Kier molecular flexibility index (Phi) is 6.61. The van der Waals surface area contributed by atoms with Gasteiger partial charge in [-0.05, 0) is 69.9 Å². The van der Waals surface area contributed by atoms with Crippen molar-refractivity contribution in [3.8, 4) is 23.3 Å². The topological polar surface area (TPSA) is 122 Å². The second-order valence-corrected chi connectivity index (χ2v) is 9.58. The fourth-order valence-corrected chi connectivity index (χ4v) is 3.81. The van der Waals surface area contributed by atoms with Crippen molar-refractivity contribution in [3.63, 3.8) is 0 Å². The smallest absolute Gasteiger partial charge is 0.311 e. The second-order valence-electron chi connectivity index (χ2n) is 9.58. The van der Waals surface area contributed by atoms with Gasteiger partial charge in [-0.25, -0.2) is 4.98 Å². The lowest BCUT2D eigenvalue weighted by Crippen LogP contribution is -2.38. The Labute approximate surface area is 203 Å². The highest BCUT2D eigenvalue weighted by Crippen LogP contribution is 2.38. The number of fused-ring (bicyclic) bond motifs is 1. The van der Waals surface area contributed by atoms with Gasteiger partial charge in [0.05, 0.1) is 5.92 Å². The molecule has 1 heterocycles. The number of rotatable bonds is 7. The summed E-state index contributed by atoms with van der Waals surface area (Å²) in [6.07, 6.45) is 1.79. The van der Waals surface area contributed by atoms with Crippen LogP contribution in [0, 0.1) is 23.2 Å². The molecule has 1 aliphatic rings. The van der Waals surface area contributed by atoms with Crippen molar-refractivity contribution in [2.24, 2.45) is 11.8 Å². The van der Waals surface area contributed by atoms with Gasteiger partial charge >= 0.3 is 5.97 Å². The Morgan fingerprint density at radius 3 is 2.49 bits per heavy atom. The summed E-state index contributed by atoms with van der Waals surface area (Å²) in [5, 5.41) is 23.8. The first-order valence-corrected chi connectivity index (χ1v) is 11.5. The van der Waals surface area contributed by atoms with E-state index in [0.717, 1.165) is 12.8 Å². The number of hydrogen-bond donors (Lipinski definition) is 2. The number of nitrogens with one attached hydrogen (secondary N) is 1. The molecule has 1 unspecified atom stereocenters. The molecule has 35 heavy (non-hydrogen) atoms. The summed E-state index contributed by atoms with van der Waals surface area (Å²) in [7, 11) is 0. The fraction of sp³-hybridized carbons (Fsp3) is 0.333. The molecular weight excluding hydrogens is 446 g/mol. The Bertz CT molecular complexity index is 1300. The largest absolute Gasteiger partial charge is 0.505 e. The second kappa shape index (κ2) is 9.63. The number of aromatic nitrogens is 1. The highest BCUT2D eigenvalue weighted by molar-refractivity contribution is 6.03. The molecule has 0 bridgehead atoms. The first-order valence-electron chi connectivity index (χ1n) is 11.5. The molecule has 0 spiro atoms. The van der Waals surface area contributed by atoms with Gasteiger partial charge in [0.15, 0.2) is 11.4 Å².